The number of rotatable bonds is 7. The lowest BCUT2D eigenvalue weighted by Crippen LogP contribution is -2.49. The molecule has 1 saturated heterocycles. The van der Waals surface area contributed by atoms with E-state index in [1.165, 1.54) is 0 Å². The first-order valence-electron chi connectivity index (χ1n) is 10.4. The first kappa shape index (κ1) is 19.9. The summed E-state index contributed by atoms with van der Waals surface area (Å²) in [6.07, 6.45) is 5.67. The molecule has 0 spiro atoms. The third-order valence-electron chi connectivity index (χ3n) is 5.13. The van der Waals surface area contributed by atoms with Gasteiger partial charge in [0.05, 0.1) is 6.61 Å². The Hall–Kier alpha value is -3.42. The van der Waals surface area contributed by atoms with Gasteiger partial charge in [-0.25, -0.2) is 4.68 Å². The summed E-state index contributed by atoms with van der Waals surface area (Å²) in [5.41, 5.74) is 0.689. The molecule has 3 heterocycles. The first-order valence-corrected chi connectivity index (χ1v) is 10.4. The molecule has 3 aromatic rings. The van der Waals surface area contributed by atoms with Gasteiger partial charge < -0.3 is 14.5 Å². The van der Waals surface area contributed by atoms with E-state index in [0.29, 0.717) is 31.1 Å². The van der Waals surface area contributed by atoms with Crippen LogP contribution >= 0.6 is 0 Å². The Balaban J connectivity index is 1.31. The van der Waals surface area contributed by atoms with Crippen molar-refractivity contribution in [1.82, 2.24) is 24.9 Å². The number of piperazine rings is 1. The van der Waals surface area contributed by atoms with Crippen LogP contribution in [-0.4, -0.2) is 63.6 Å². The monoisotopic (exact) mass is 406 g/mol. The lowest BCUT2D eigenvalue weighted by atomic mass is 10.1. The number of nitrogens with zero attached hydrogens (tertiary/aromatic N) is 6. The minimum absolute atomic E-state index is 0.0508. The van der Waals surface area contributed by atoms with Gasteiger partial charge in [-0.2, -0.15) is 5.10 Å². The van der Waals surface area contributed by atoms with Crippen LogP contribution in [0, 0.1) is 0 Å². The molecule has 1 aliphatic rings. The van der Waals surface area contributed by atoms with Crippen LogP contribution in [0.1, 0.15) is 30.1 Å². The highest BCUT2D eigenvalue weighted by molar-refractivity contribution is 5.94. The Bertz CT molecular complexity index is 933. The molecule has 8 heteroatoms. The van der Waals surface area contributed by atoms with E-state index in [9.17, 15) is 4.79 Å². The molecule has 1 aromatic carbocycles. The molecule has 0 aliphatic carbocycles. The summed E-state index contributed by atoms with van der Waals surface area (Å²) in [5.74, 6) is 2.35. The maximum absolute atomic E-state index is 12.8. The minimum atomic E-state index is 0.0508. The number of amides is 1. The van der Waals surface area contributed by atoms with Crippen LogP contribution in [0.2, 0.25) is 0 Å². The molecule has 1 aliphatic heterocycles. The second-order valence-corrected chi connectivity index (χ2v) is 7.21. The van der Waals surface area contributed by atoms with E-state index in [4.69, 9.17) is 4.74 Å². The first-order chi connectivity index (χ1) is 14.7. The SMILES string of the molecule is CCCCOc1ccc(C(=O)N2CCN(c3ccc(-n4cccn4)nn3)CC2)cc1. The molecule has 0 radical (unpaired) electrons. The van der Waals surface area contributed by atoms with E-state index in [0.717, 1.165) is 37.5 Å². The summed E-state index contributed by atoms with van der Waals surface area (Å²) in [7, 11) is 0. The van der Waals surface area contributed by atoms with Gasteiger partial charge in [0.25, 0.3) is 5.91 Å². The molecule has 0 saturated carbocycles. The number of hydrogen-bond donors (Lipinski definition) is 0. The zero-order valence-electron chi connectivity index (χ0n) is 17.1. The number of aromatic nitrogens is 4. The third-order valence-corrected chi connectivity index (χ3v) is 5.13. The largest absolute Gasteiger partial charge is 0.494 e. The molecular formula is C22H26N6O2. The van der Waals surface area contributed by atoms with Crippen LogP contribution in [0.25, 0.3) is 5.82 Å². The maximum Gasteiger partial charge on any atom is 0.253 e. The summed E-state index contributed by atoms with van der Waals surface area (Å²) in [5, 5.41) is 12.7. The molecule has 0 atom stereocenters. The number of carbonyl (C=O) groups excluding carboxylic acids is 1. The van der Waals surface area contributed by atoms with Crippen molar-refractivity contribution >= 4 is 11.7 Å². The van der Waals surface area contributed by atoms with Crippen molar-refractivity contribution in [3.8, 4) is 11.6 Å². The minimum Gasteiger partial charge on any atom is -0.494 e. The number of ether oxygens (including phenoxy) is 1. The van der Waals surface area contributed by atoms with Crippen molar-refractivity contribution < 1.29 is 9.53 Å². The standard InChI is InChI=1S/C22H26N6O2/c1-2-3-17-30-19-7-5-18(6-8-19)22(29)27-15-13-26(14-16-27)20-9-10-21(25-24-20)28-12-4-11-23-28/h4-12H,2-3,13-17H2,1H3. The highest BCUT2D eigenvalue weighted by Crippen LogP contribution is 2.17. The van der Waals surface area contributed by atoms with Gasteiger partial charge in [-0.15, -0.1) is 10.2 Å². The van der Waals surface area contributed by atoms with Crippen molar-refractivity contribution in [2.24, 2.45) is 0 Å². The zero-order chi connectivity index (χ0) is 20.8. The van der Waals surface area contributed by atoms with Crippen molar-refractivity contribution in [2.75, 3.05) is 37.7 Å². The van der Waals surface area contributed by atoms with Gasteiger partial charge in [-0.1, -0.05) is 13.3 Å². The molecule has 4 rings (SSSR count). The van der Waals surface area contributed by atoms with Crippen molar-refractivity contribution in [2.45, 2.75) is 19.8 Å². The van der Waals surface area contributed by atoms with Gasteiger partial charge in [-0.3, -0.25) is 4.79 Å². The molecule has 1 fully saturated rings. The van der Waals surface area contributed by atoms with Gasteiger partial charge in [0.15, 0.2) is 11.6 Å². The number of unbranched alkanes of at least 4 members (excludes halogenated alkanes) is 1. The van der Waals surface area contributed by atoms with E-state index in [1.807, 2.05) is 53.6 Å². The van der Waals surface area contributed by atoms with Crippen LogP contribution in [-0.2, 0) is 0 Å². The molecule has 1 amide bonds. The van der Waals surface area contributed by atoms with E-state index < -0.39 is 0 Å². The molecule has 0 bridgehead atoms. The van der Waals surface area contributed by atoms with E-state index in [1.54, 1.807) is 10.9 Å². The normalized spacial score (nSPS) is 14.0. The Kier molecular flexibility index (Phi) is 6.22. The number of benzene rings is 1. The summed E-state index contributed by atoms with van der Waals surface area (Å²) in [6.45, 7) is 5.58. The predicted molar refractivity (Wildman–Crippen MR) is 114 cm³/mol. The van der Waals surface area contributed by atoms with Crippen molar-refractivity contribution in [1.29, 1.82) is 0 Å². The Morgan fingerprint density at radius 3 is 2.37 bits per heavy atom. The smallest absolute Gasteiger partial charge is 0.253 e. The van der Waals surface area contributed by atoms with Crippen LogP contribution in [0.4, 0.5) is 5.82 Å². The summed E-state index contributed by atoms with van der Waals surface area (Å²) in [6, 6.07) is 13.1. The predicted octanol–water partition coefficient (Wildman–Crippen LogP) is 2.80. The average molecular weight is 406 g/mol. The van der Waals surface area contributed by atoms with Crippen LogP contribution < -0.4 is 9.64 Å². The summed E-state index contributed by atoms with van der Waals surface area (Å²) in [4.78, 5) is 16.9. The van der Waals surface area contributed by atoms with Crippen LogP contribution in [0.3, 0.4) is 0 Å². The van der Waals surface area contributed by atoms with Gasteiger partial charge >= 0.3 is 0 Å². The van der Waals surface area contributed by atoms with Crippen molar-refractivity contribution in [3.63, 3.8) is 0 Å². The topological polar surface area (TPSA) is 76.4 Å². The lowest BCUT2D eigenvalue weighted by molar-refractivity contribution is 0.0746. The second-order valence-electron chi connectivity index (χ2n) is 7.21. The van der Waals surface area contributed by atoms with Gasteiger partial charge in [0.1, 0.15) is 5.75 Å². The van der Waals surface area contributed by atoms with Crippen molar-refractivity contribution in [3.05, 3.63) is 60.4 Å². The molecule has 30 heavy (non-hydrogen) atoms. The van der Waals surface area contributed by atoms with E-state index in [2.05, 4.69) is 27.1 Å². The molecule has 0 unspecified atom stereocenters. The van der Waals surface area contributed by atoms with Gasteiger partial charge in [0.2, 0.25) is 0 Å². The van der Waals surface area contributed by atoms with Gasteiger partial charge in [0, 0.05) is 44.1 Å². The fourth-order valence-corrected chi connectivity index (χ4v) is 3.36. The number of anilines is 1. The molecule has 8 nitrogen and oxygen atoms in total. The Labute approximate surface area is 176 Å². The van der Waals surface area contributed by atoms with Gasteiger partial charge in [-0.05, 0) is 48.9 Å². The van der Waals surface area contributed by atoms with Crippen LogP contribution in [0.5, 0.6) is 5.75 Å². The Morgan fingerprint density at radius 2 is 1.73 bits per heavy atom. The number of carbonyl (C=O) groups is 1. The van der Waals surface area contributed by atoms with E-state index >= 15 is 0 Å². The molecule has 0 N–H and O–H groups in total. The maximum atomic E-state index is 12.8. The Morgan fingerprint density at radius 1 is 1.00 bits per heavy atom. The molecule has 156 valence electrons. The van der Waals surface area contributed by atoms with E-state index in [-0.39, 0.29) is 5.91 Å². The highest BCUT2D eigenvalue weighted by atomic mass is 16.5. The highest BCUT2D eigenvalue weighted by Gasteiger charge is 2.23. The lowest BCUT2D eigenvalue weighted by Gasteiger charge is -2.35. The summed E-state index contributed by atoms with van der Waals surface area (Å²) >= 11 is 0. The second kappa shape index (κ2) is 9.39. The number of hydrogen-bond acceptors (Lipinski definition) is 6. The zero-order valence-corrected chi connectivity index (χ0v) is 17.1. The molecular weight excluding hydrogens is 380 g/mol. The molecule has 2 aromatic heterocycles. The fourth-order valence-electron chi connectivity index (χ4n) is 3.36. The fraction of sp³-hybridized carbons (Fsp3) is 0.364. The average Bonchev–Trinajstić information content (AvgIpc) is 3.35. The van der Waals surface area contributed by atoms with Crippen LogP contribution in [0.15, 0.2) is 54.9 Å². The quantitative estimate of drug-likeness (QED) is 0.562. The third kappa shape index (κ3) is 4.59. The summed E-state index contributed by atoms with van der Waals surface area (Å²) < 4.78 is 7.35.